The Hall–Kier alpha value is -3.80. The first-order valence-corrected chi connectivity index (χ1v) is 8.67. The summed E-state index contributed by atoms with van der Waals surface area (Å²) in [4.78, 5) is 17.1. The van der Waals surface area contributed by atoms with Crippen LogP contribution in [0.15, 0.2) is 71.1 Å². The first-order chi connectivity index (χ1) is 13.7. The zero-order valence-electron chi connectivity index (χ0n) is 15.4. The molecule has 0 fully saturated rings. The molecule has 0 saturated carbocycles. The Balaban J connectivity index is 1.62. The third-order valence-electron chi connectivity index (χ3n) is 4.31. The van der Waals surface area contributed by atoms with Gasteiger partial charge >= 0.3 is 0 Å². The fourth-order valence-electron chi connectivity index (χ4n) is 2.92. The molecular weight excluding hydrogens is 356 g/mol. The summed E-state index contributed by atoms with van der Waals surface area (Å²) in [6.07, 6.45) is 0. The van der Waals surface area contributed by atoms with Crippen LogP contribution in [0.25, 0.3) is 22.6 Å². The number of nitrogens with one attached hydrogen (secondary N) is 1. The molecule has 0 atom stereocenters. The quantitative estimate of drug-likeness (QED) is 0.545. The second-order valence-corrected chi connectivity index (χ2v) is 6.09. The molecule has 1 N–H and O–H groups in total. The van der Waals surface area contributed by atoms with Gasteiger partial charge in [0, 0.05) is 17.3 Å². The number of ether oxygens (including phenoxy) is 2. The maximum absolute atomic E-state index is 12.6. The van der Waals surface area contributed by atoms with Gasteiger partial charge in [0.1, 0.15) is 17.0 Å². The van der Waals surface area contributed by atoms with Crippen LogP contribution in [0.4, 0.5) is 5.69 Å². The number of hydrogen-bond acceptors (Lipinski definition) is 5. The molecule has 6 nitrogen and oxygen atoms in total. The summed E-state index contributed by atoms with van der Waals surface area (Å²) in [5.74, 6) is 1.45. The van der Waals surface area contributed by atoms with Crippen molar-refractivity contribution in [3.8, 4) is 23.0 Å². The molecule has 0 bridgehead atoms. The maximum Gasteiger partial charge on any atom is 0.259 e. The van der Waals surface area contributed by atoms with Gasteiger partial charge in [0.2, 0.25) is 5.89 Å². The van der Waals surface area contributed by atoms with Gasteiger partial charge in [-0.1, -0.05) is 18.2 Å². The smallest absolute Gasteiger partial charge is 0.259 e. The van der Waals surface area contributed by atoms with E-state index in [-0.39, 0.29) is 5.91 Å². The lowest BCUT2D eigenvalue weighted by atomic mass is 10.1. The van der Waals surface area contributed by atoms with E-state index < -0.39 is 0 Å². The molecule has 0 saturated heterocycles. The molecule has 0 spiro atoms. The molecule has 0 aliphatic rings. The number of aromatic nitrogens is 1. The number of oxazole rings is 1. The van der Waals surface area contributed by atoms with Crippen LogP contribution in [-0.4, -0.2) is 25.1 Å². The highest BCUT2D eigenvalue weighted by Crippen LogP contribution is 2.28. The van der Waals surface area contributed by atoms with Gasteiger partial charge in [-0.15, -0.1) is 0 Å². The van der Waals surface area contributed by atoms with E-state index in [9.17, 15) is 4.79 Å². The number of nitrogens with zero attached hydrogens (tertiary/aromatic N) is 1. The van der Waals surface area contributed by atoms with Crippen LogP contribution < -0.4 is 14.8 Å². The number of para-hydroxylation sites is 1. The summed E-state index contributed by atoms with van der Waals surface area (Å²) in [6.45, 7) is 0. The molecule has 4 rings (SSSR count). The number of fused-ring (bicyclic) bond motifs is 1. The van der Waals surface area contributed by atoms with E-state index >= 15 is 0 Å². The number of rotatable bonds is 5. The summed E-state index contributed by atoms with van der Waals surface area (Å²) < 4.78 is 16.3. The van der Waals surface area contributed by atoms with Crippen molar-refractivity contribution in [2.24, 2.45) is 0 Å². The van der Waals surface area contributed by atoms with Gasteiger partial charge in [-0.25, -0.2) is 4.98 Å². The Bertz CT molecular complexity index is 1150. The van der Waals surface area contributed by atoms with Crippen molar-refractivity contribution in [1.29, 1.82) is 0 Å². The molecule has 1 heterocycles. The van der Waals surface area contributed by atoms with Crippen LogP contribution in [0.3, 0.4) is 0 Å². The van der Waals surface area contributed by atoms with E-state index in [4.69, 9.17) is 13.9 Å². The summed E-state index contributed by atoms with van der Waals surface area (Å²) >= 11 is 0. The molecule has 28 heavy (non-hydrogen) atoms. The zero-order chi connectivity index (χ0) is 19.5. The highest BCUT2D eigenvalue weighted by atomic mass is 16.5. The first kappa shape index (κ1) is 17.6. The van der Waals surface area contributed by atoms with Crippen LogP contribution >= 0.6 is 0 Å². The number of carbonyl (C=O) groups excluding carboxylic acids is 1. The molecule has 140 valence electrons. The predicted octanol–water partition coefficient (Wildman–Crippen LogP) is 4.76. The lowest BCUT2D eigenvalue weighted by Gasteiger charge is -2.09. The number of methoxy groups -OCH3 is 2. The highest BCUT2D eigenvalue weighted by Gasteiger charge is 2.13. The van der Waals surface area contributed by atoms with Gasteiger partial charge in [0.05, 0.1) is 19.8 Å². The SMILES string of the molecule is COc1ccc2oc(-c3cccc(NC(=O)c4ccccc4OC)c3)nc2c1. The van der Waals surface area contributed by atoms with Crippen molar-refractivity contribution in [1.82, 2.24) is 4.98 Å². The molecule has 1 amide bonds. The number of benzene rings is 3. The van der Waals surface area contributed by atoms with Crippen LogP contribution in [0.2, 0.25) is 0 Å². The first-order valence-electron chi connectivity index (χ1n) is 8.67. The molecule has 1 aromatic heterocycles. The second kappa shape index (κ2) is 7.44. The van der Waals surface area contributed by atoms with Gasteiger partial charge in [0.25, 0.3) is 5.91 Å². The number of amides is 1. The van der Waals surface area contributed by atoms with Crippen molar-refractivity contribution in [2.45, 2.75) is 0 Å². The second-order valence-electron chi connectivity index (χ2n) is 6.09. The van der Waals surface area contributed by atoms with E-state index in [1.165, 1.54) is 7.11 Å². The Kier molecular flexibility index (Phi) is 4.68. The van der Waals surface area contributed by atoms with Gasteiger partial charge < -0.3 is 19.2 Å². The van der Waals surface area contributed by atoms with Gasteiger partial charge in [-0.2, -0.15) is 0 Å². The highest BCUT2D eigenvalue weighted by molar-refractivity contribution is 6.06. The number of anilines is 1. The van der Waals surface area contributed by atoms with E-state index in [0.717, 1.165) is 5.56 Å². The minimum absolute atomic E-state index is 0.253. The Morgan fingerprint density at radius 1 is 0.964 bits per heavy atom. The van der Waals surface area contributed by atoms with Crippen molar-refractivity contribution in [2.75, 3.05) is 19.5 Å². The van der Waals surface area contributed by atoms with Gasteiger partial charge in [-0.3, -0.25) is 4.79 Å². The third kappa shape index (κ3) is 3.40. The van der Waals surface area contributed by atoms with Crippen molar-refractivity contribution >= 4 is 22.7 Å². The number of hydrogen-bond donors (Lipinski definition) is 1. The molecule has 0 aliphatic carbocycles. The van der Waals surface area contributed by atoms with Crippen LogP contribution in [0.5, 0.6) is 11.5 Å². The van der Waals surface area contributed by atoms with Gasteiger partial charge in [0.15, 0.2) is 5.58 Å². The summed E-state index contributed by atoms with van der Waals surface area (Å²) in [6, 6.07) is 19.9. The van der Waals surface area contributed by atoms with Crippen molar-refractivity contribution in [3.63, 3.8) is 0 Å². The Labute approximate surface area is 161 Å². The monoisotopic (exact) mass is 374 g/mol. The average molecular weight is 374 g/mol. The average Bonchev–Trinajstić information content (AvgIpc) is 3.17. The normalized spacial score (nSPS) is 10.6. The lowest BCUT2D eigenvalue weighted by Crippen LogP contribution is -2.13. The van der Waals surface area contributed by atoms with Crippen molar-refractivity contribution in [3.05, 3.63) is 72.3 Å². The van der Waals surface area contributed by atoms with E-state index in [1.807, 2.05) is 48.5 Å². The molecule has 0 radical (unpaired) electrons. The van der Waals surface area contributed by atoms with Crippen LogP contribution in [0, 0.1) is 0 Å². The topological polar surface area (TPSA) is 73.6 Å². The fourth-order valence-corrected chi connectivity index (χ4v) is 2.92. The van der Waals surface area contributed by atoms with Crippen LogP contribution in [0.1, 0.15) is 10.4 Å². The summed E-state index contributed by atoms with van der Waals surface area (Å²) in [5.41, 5.74) is 3.22. The number of carbonyl (C=O) groups is 1. The lowest BCUT2D eigenvalue weighted by molar-refractivity contribution is 0.102. The fraction of sp³-hybridized carbons (Fsp3) is 0.0909. The molecule has 3 aromatic carbocycles. The standard InChI is InChI=1S/C22H18N2O4/c1-26-16-10-11-20-18(13-16)24-22(28-20)14-6-5-7-15(12-14)23-21(25)17-8-3-4-9-19(17)27-2/h3-13H,1-2H3,(H,23,25). The molecule has 4 aromatic rings. The predicted molar refractivity (Wildman–Crippen MR) is 107 cm³/mol. The summed E-state index contributed by atoms with van der Waals surface area (Å²) in [7, 11) is 3.14. The largest absolute Gasteiger partial charge is 0.497 e. The zero-order valence-corrected chi connectivity index (χ0v) is 15.4. The molecule has 0 aliphatic heterocycles. The van der Waals surface area contributed by atoms with Crippen LogP contribution in [-0.2, 0) is 0 Å². The van der Waals surface area contributed by atoms with Gasteiger partial charge in [-0.05, 0) is 42.5 Å². The van der Waals surface area contributed by atoms with E-state index in [1.54, 1.807) is 25.3 Å². The minimum Gasteiger partial charge on any atom is -0.497 e. The summed E-state index contributed by atoms with van der Waals surface area (Å²) in [5, 5.41) is 2.89. The van der Waals surface area contributed by atoms with Crippen molar-refractivity contribution < 1.29 is 18.7 Å². The molecule has 6 heteroatoms. The third-order valence-corrected chi connectivity index (χ3v) is 4.31. The minimum atomic E-state index is -0.253. The molecular formula is C22H18N2O4. The molecule has 0 unspecified atom stereocenters. The Morgan fingerprint density at radius 2 is 1.82 bits per heavy atom. The van der Waals surface area contributed by atoms with E-state index in [2.05, 4.69) is 10.3 Å². The Morgan fingerprint density at radius 3 is 2.64 bits per heavy atom. The van der Waals surface area contributed by atoms with E-state index in [0.29, 0.717) is 39.7 Å². The maximum atomic E-state index is 12.6.